The van der Waals surface area contributed by atoms with E-state index in [0.29, 0.717) is 6.54 Å². The monoisotopic (exact) mass is 294 g/mol. The van der Waals surface area contributed by atoms with Crippen molar-refractivity contribution in [3.05, 3.63) is 73.1 Å². The molecule has 1 atom stereocenters. The van der Waals surface area contributed by atoms with Crippen molar-refractivity contribution < 1.29 is 9.84 Å². The zero-order valence-corrected chi connectivity index (χ0v) is 12.2. The predicted octanol–water partition coefficient (Wildman–Crippen LogP) is 2.99. The van der Waals surface area contributed by atoms with Gasteiger partial charge in [0, 0.05) is 12.4 Å². The van der Waals surface area contributed by atoms with E-state index in [1.54, 1.807) is 10.9 Å². The summed E-state index contributed by atoms with van der Waals surface area (Å²) in [5.41, 5.74) is 2.32. The summed E-state index contributed by atoms with van der Waals surface area (Å²) in [6.45, 7) is 0.666. The molecule has 1 N–H and O–H groups in total. The van der Waals surface area contributed by atoms with Crippen LogP contribution in [0.1, 0.15) is 0 Å². The first-order valence-corrected chi connectivity index (χ1v) is 7.25. The summed E-state index contributed by atoms with van der Waals surface area (Å²) < 4.78 is 7.30. The Hall–Kier alpha value is -2.59. The van der Waals surface area contributed by atoms with Crippen molar-refractivity contribution in [3.63, 3.8) is 0 Å². The average molecular weight is 294 g/mol. The van der Waals surface area contributed by atoms with Gasteiger partial charge in [0.1, 0.15) is 18.5 Å². The number of rotatable bonds is 6. The van der Waals surface area contributed by atoms with Crippen molar-refractivity contribution in [2.24, 2.45) is 0 Å². The van der Waals surface area contributed by atoms with Gasteiger partial charge in [-0.1, -0.05) is 42.5 Å². The quantitative estimate of drug-likeness (QED) is 0.760. The van der Waals surface area contributed by atoms with Gasteiger partial charge in [0.05, 0.1) is 6.54 Å². The van der Waals surface area contributed by atoms with Gasteiger partial charge in [-0.15, -0.1) is 0 Å². The smallest absolute Gasteiger partial charge is 0.119 e. The summed E-state index contributed by atoms with van der Waals surface area (Å²) in [4.78, 5) is 0. The zero-order chi connectivity index (χ0) is 15.2. The Balaban J connectivity index is 1.55. The largest absolute Gasteiger partial charge is 0.491 e. The van der Waals surface area contributed by atoms with E-state index < -0.39 is 6.10 Å². The molecule has 0 saturated heterocycles. The summed E-state index contributed by atoms with van der Waals surface area (Å²) in [6, 6.07) is 19.9. The molecule has 0 aliphatic carbocycles. The maximum absolute atomic E-state index is 9.93. The standard InChI is InChI=1S/C18H18N2O2/c21-17(13-20-12-4-11-19-20)14-22-18-9-7-16(8-10-18)15-5-2-1-3-6-15/h1-12,17,21H,13-14H2/t17-/m0/s1. The Morgan fingerprint density at radius 3 is 2.36 bits per heavy atom. The van der Waals surface area contributed by atoms with E-state index in [4.69, 9.17) is 4.74 Å². The molecule has 0 bridgehead atoms. The first-order valence-electron chi connectivity index (χ1n) is 7.25. The number of aliphatic hydroxyl groups excluding tert-OH is 1. The van der Waals surface area contributed by atoms with Crippen molar-refractivity contribution >= 4 is 0 Å². The van der Waals surface area contributed by atoms with Gasteiger partial charge in [0.25, 0.3) is 0 Å². The van der Waals surface area contributed by atoms with Gasteiger partial charge in [-0.3, -0.25) is 4.68 Å². The lowest BCUT2D eigenvalue weighted by Gasteiger charge is -2.12. The van der Waals surface area contributed by atoms with E-state index in [-0.39, 0.29) is 6.61 Å². The third kappa shape index (κ3) is 3.74. The van der Waals surface area contributed by atoms with Crippen molar-refractivity contribution in [2.75, 3.05) is 6.61 Å². The second-order valence-corrected chi connectivity index (χ2v) is 5.08. The van der Waals surface area contributed by atoms with Crippen LogP contribution in [-0.2, 0) is 6.54 Å². The number of nitrogens with zero attached hydrogens (tertiary/aromatic N) is 2. The molecule has 0 spiro atoms. The minimum absolute atomic E-state index is 0.241. The average Bonchev–Trinajstić information content (AvgIpc) is 3.07. The van der Waals surface area contributed by atoms with Gasteiger partial charge < -0.3 is 9.84 Å². The van der Waals surface area contributed by atoms with E-state index in [0.717, 1.165) is 11.3 Å². The van der Waals surface area contributed by atoms with Gasteiger partial charge >= 0.3 is 0 Å². The number of aromatic nitrogens is 2. The molecule has 0 radical (unpaired) electrons. The molecule has 0 aliphatic rings. The molecule has 1 aromatic heterocycles. The summed E-state index contributed by atoms with van der Waals surface area (Å²) >= 11 is 0. The van der Waals surface area contributed by atoms with Crippen LogP contribution in [0.2, 0.25) is 0 Å². The fourth-order valence-corrected chi connectivity index (χ4v) is 2.24. The van der Waals surface area contributed by atoms with E-state index >= 15 is 0 Å². The summed E-state index contributed by atoms with van der Waals surface area (Å²) in [6.07, 6.45) is 2.92. The number of ether oxygens (including phenoxy) is 1. The Morgan fingerprint density at radius 2 is 1.68 bits per heavy atom. The highest BCUT2D eigenvalue weighted by molar-refractivity contribution is 5.63. The van der Waals surface area contributed by atoms with E-state index in [1.165, 1.54) is 5.56 Å². The molecular formula is C18H18N2O2. The summed E-state index contributed by atoms with van der Waals surface area (Å²) in [5.74, 6) is 0.749. The van der Waals surface area contributed by atoms with E-state index in [9.17, 15) is 5.11 Å². The predicted molar refractivity (Wildman–Crippen MR) is 85.6 cm³/mol. The van der Waals surface area contributed by atoms with Crippen LogP contribution in [-0.4, -0.2) is 27.6 Å². The molecule has 2 aromatic carbocycles. The molecule has 3 rings (SSSR count). The van der Waals surface area contributed by atoms with Crippen LogP contribution in [0.25, 0.3) is 11.1 Å². The topological polar surface area (TPSA) is 47.3 Å². The third-order valence-corrected chi connectivity index (χ3v) is 3.36. The summed E-state index contributed by atoms with van der Waals surface area (Å²) in [7, 11) is 0. The molecule has 0 amide bonds. The second kappa shape index (κ2) is 6.91. The van der Waals surface area contributed by atoms with Crippen LogP contribution in [0, 0.1) is 0 Å². The fraction of sp³-hybridized carbons (Fsp3) is 0.167. The van der Waals surface area contributed by atoms with Crippen LogP contribution in [0.4, 0.5) is 0 Å². The van der Waals surface area contributed by atoms with Gasteiger partial charge in [-0.25, -0.2) is 0 Å². The maximum atomic E-state index is 9.93. The highest BCUT2D eigenvalue weighted by Gasteiger charge is 2.06. The minimum Gasteiger partial charge on any atom is -0.491 e. The lowest BCUT2D eigenvalue weighted by molar-refractivity contribution is 0.0893. The zero-order valence-electron chi connectivity index (χ0n) is 12.2. The number of benzene rings is 2. The molecule has 0 fully saturated rings. The van der Waals surface area contributed by atoms with Gasteiger partial charge in [0.15, 0.2) is 0 Å². The molecule has 4 heteroatoms. The molecule has 22 heavy (non-hydrogen) atoms. The highest BCUT2D eigenvalue weighted by atomic mass is 16.5. The number of aliphatic hydroxyl groups is 1. The Kier molecular flexibility index (Phi) is 4.51. The molecule has 0 aliphatic heterocycles. The van der Waals surface area contributed by atoms with Crippen molar-refractivity contribution in [3.8, 4) is 16.9 Å². The van der Waals surface area contributed by atoms with E-state index in [1.807, 2.05) is 54.7 Å². The number of hydrogen-bond donors (Lipinski definition) is 1. The fourth-order valence-electron chi connectivity index (χ4n) is 2.24. The van der Waals surface area contributed by atoms with Crippen molar-refractivity contribution in [2.45, 2.75) is 12.6 Å². The lowest BCUT2D eigenvalue weighted by Crippen LogP contribution is -2.23. The van der Waals surface area contributed by atoms with Gasteiger partial charge in [-0.2, -0.15) is 5.10 Å². The van der Waals surface area contributed by atoms with Crippen molar-refractivity contribution in [1.82, 2.24) is 9.78 Å². The Bertz CT molecular complexity index is 679. The maximum Gasteiger partial charge on any atom is 0.119 e. The lowest BCUT2D eigenvalue weighted by atomic mass is 10.1. The SMILES string of the molecule is O[C@H](COc1ccc(-c2ccccc2)cc1)Cn1cccn1. The van der Waals surface area contributed by atoms with Crippen LogP contribution in [0.3, 0.4) is 0 Å². The van der Waals surface area contributed by atoms with Gasteiger partial charge in [0.2, 0.25) is 0 Å². The molecular weight excluding hydrogens is 276 g/mol. The molecule has 3 aromatic rings. The normalized spacial score (nSPS) is 12.0. The highest BCUT2D eigenvalue weighted by Crippen LogP contribution is 2.22. The van der Waals surface area contributed by atoms with Crippen LogP contribution in [0.15, 0.2) is 73.1 Å². The Morgan fingerprint density at radius 1 is 0.955 bits per heavy atom. The number of hydrogen-bond acceptors (Lipinski definition) is 3. The first-order chi connectivity index (χ1) is 10.8. The molecule has 112 valence electrons. The van der Waals surface area contributed by atoms with Crippen LogP contribution in [0.5, 0.6) is 5.75 Å². The second-order valence-electron chi connectivity index (χ2n) is 5.08. The third-order valence-electron chi connectivity index (χ3n) is 3.36. The molecule has 0 unspecified atom stereocenters. The van der Waals surface area contributed by atoms with Crippen molar-refractivity contribution in [1.29, 1.82) is 0 Å². The first kappa shape index (κ1) is 14.4. The van der Waals surface area contributed by atoms with Crippen LogP contribution < -0.4 is 4.74 Å². The van der Waals surface area contributed by atoms with E-state index in [2.05, 4.69) is 17.2 Å². The minimum atomic E-state index is -0.589. The molecule has 1 heterocycles. The summed E-state index contributed by atoms with van der Waals surface area (Å²) in [5, 5.41) is 14.0. The Labute approximate surface area is 129 Å². The van der Waals surface area contributed by atoms with Gasteiger partial charge in [-0.05, 0) is 29.3 Å². The molecule has 4 nitrogen and oxygen atoms in total. The van der Waals surface area contributed by atoms with Crippen LogP contribution >= 0.6 is 0 Å². The molecule has 0 saturated carbocycles.